The Hall–Kier alpha value is -6.00. The molecule has 2 saturated carbocycles. The SMILES string of the molecule is C/C=C1\C=C(\c2ccc(-c3cnc([C@@H]4C5CCCC5CN4C(=O)[C@H](CCSC)NC(=O)OC)[nH]3)cc2)[C@H](C)CC[C@@H](C)/C=C\C(=C(/C)c2ccc(-c3cnc([C@@H]4C5CCCC5CN4C(=O)[C@H](CCSC)NC(=O)OC)[nH]3)cc2)CC1. The molecule has 4 aromatic rings. The number of hydrogen-bond donors (Lipinski definition) is 4. The number of ether oxygens (including phenoxy) is 2. The van der Waals surface area contributed by atoms with Crippen molar-refractivity contribution in [1.29, 1.82) is 0 Å². The molecule has 4 heterocycles. The maximum absolute atomic E-state index is 14.2. The van der Waals surface area contributed by atoms with E-state index in [1.807, 2.05) is 34.7 Å². The Morgan fingerprint density at radius 3 is 1.69 bits per heavy atom. The van der Waals surface area contributed by atoms with Gasteiger partial charge in [0.05, 0.1) is 50.1 Å². The molecule has 10 atom stereocenters. The molecule has 0 radical (unpaired) electrons. The van der Waals surface area contributed by atoms with Crippen molar-refractivity contribution in [2.75, 3.05) is 51.3 Å². The zero-order valence-corrected chi connectivity index (χ0v) is 49.9. The van der Waals surface area contributed by atoms with Crippen LogP contribution in [0.15, 0.2) is 96.4 Å². The second-order valence-electron chi connectivity index (χ2n) is 23.0. The van der Waals surface area contributed by atoms with Gasteiger partial charge in [0.1, 0.15) is 23.7 Å². The first kappa shape index (κ1) is 58.6. The molecule has 14 nitrogen and oxygen atoms in total. The number of allylic oxidation sites excluding steroid dienone is 8. The molecule has 0 bridgehead atoms. The number of nitrogens with zero attached hydrogens (tertiary/aromatic N) is 4. The lowest BCUT2D eigenvalue weighted by Crippen LogP contribution is -2.49. The van der Waals surface area contributed by atoms with Crippen molar-refractivity contribution in [3.63, 3.8) is 0 Å². The summed E-state index contributed by atoms with van der Waals surface area (Å²) in [5, 5.41) is 5.64. The van der Waals surface area contributed by atoms with Gasteiger partial charge in [0.2, 0.25) is 11.8 Å². The van der Waals surface area contributed by atoms with Crippen molar-refractivity contribution in [3.05, 3.63) is 119 Å². The summed E-state index contributed by atoms with van der Waals surface area (Å²) in [6.45, 7) is 10.4. The lowest BCUT2D eigenvalue weighted by atomic mass is 9.84. The molecular weight excluding hydrogens is 1040 g/mol. The van der Waals surface area contributed by atoms with Crippen LogP contribution >= 0.6 is 23.5 Å². The van der Waals surface area contributed by atoms with Gasteiger partial charge in [-0.1, -0.05) is 105 Å². The molecule has 4 amide bonds. The molecule has 428 valence electrons. The molecule has 3 aliphatic carbocycles. The third-order valence-corrected chi connectivity index (χ3v) is 19.4. The fraction of sp³-hybridized carbons (Fsp3) is 0.531. The average molecular weight is 1130 g/mol. The van der Waals surface area contributed by atoms with E-state index in [-0.39, 0.29) is 23.9 Å². The number of carbonyl (C=O) groups excluding carboxylic acids is 4. The number of likely N-dealkylation sites (tertiary alicyclic amines) is 2. The molecule has 4 N–H and O–H groups in total. The van der Waals surface area contributed by atoms with Gasteiger partial charge in [-0.2, -0.15) is 23.5 Å². The van der Waals surface area contributed by atoms with E-state index in [4.69, 9.17) is 19.4 Å². The molecule has 80 heavy (non-hydrogen) atoms. The van der Waals surface area contributed by atoms with Gasteiger partial charge in [-0.15, -0.1) is 0 Å². The van der Waals surface area contributed by atoms with Crippen LogP contribution in [0.1, 0.15) is 140 Å². The molecule has 9 rings (SSSR count). The molecule has 2 aliphatic heterocycles. The normalized spacial score (nSPS) is 27.0. The van der Waals surface area contributed by atoms with Crippen molar-refractivity contribution >= 4 is 58.7 Å². The number of rotatable bonds is 16. The Morgan fingerprint density at radius 2 is 1.20 bits per heavy atom. The van der Waals surface area contributed by atoms with Gasteiger partial charge in [-0.05, 0) is 177 Å². The van der Waals surface area contributed by atoms with Crippen molar-refractivity contribution in [2.24, 2.45) is 35.5 Å². The fourth-order valence-electron chi connectivity index (χ4n) is 13.5. The van der Waals surface area contributed by atoms with Gasteiger partial charge in [-0.25, -0.2) is 19.6 Å². The molecule has 16 heteroatoms. The summed E-state index contributed by atoms with van der Waals surface area (Å²) in [5.41, 5.74) is 11.6. The smallest absolute Gasteiger partial charge is 0.407 e. The van der Waals surface area contributed by atoms with Gasteiger partial charge in [0.15, 0.2) is 0 Å². The standard InChI is InChI=1S/C64H84N8O6S2/c1-9-42-19-21-43(41(4)44-22-26-46(27-23-44)55-35-65-59(67-55)57-50-14-10-12-48(50)37-71(57)61(73)53(30-32-79-7)69-63(75)77-5)20-17-39(2)16-18-40(3)52(34-42)45-24-28-47(29-25-45)56-36-66-60(68-56)58-51-15-11-13-49(51)38-72(58)62(74)54(31-33-80-8)70-64(76)78-6/h9,17,20,22-29,34-36,39-40,48-51,53-54,57-58H,10-16,18-19,21,30-33,37-38H2,1-8H3,(H,65,67)(H,66,68)(H,69,75)(H,70,76)/b20-17-,42-9-,43-41-,52-34+/t39-,40-,48?,49?,50?,51?,53+,54+,57+,58+/m1/s1. The maximum atomic E-state index is 14.2. The van der Waals surface area contributed by atoms with E-state index in [0.29, 0.717) is 61.4 Å². The number of amides is 4. The quantitative estimate of drug-likeness (QED) is 0.0845. The minimum Gasteiger partial charge on any atom is -0.453 e. The highest BCUT2D eigenvalue weighted by molar-refractivity contribution is 7.98. The van der Waals surface area contributed by atoms with Gasteiger partial charge in [0, 0.05) is 13.1 Å². The highest BCUT2D eigenvalue weighted by Crippen LogP contribution is 2.51. The number of aromatic amines is 2. The summed E-state index contributed by atoms with van der Waals surface area (Å²) in [7, 11) is 2.66. The van der Waals surface area contributed by atoms with Crippen LogP contribution in [-0.4, -0.2) is 117 Å². The Kier molecular flexibility index (Phi) is 19.9. The third kappa shape index (κ3) is 13.3. The second kappa shape index (κ2) is 27.2. The fourth-order valence-corrected chi connectivity index (χ4v) is 14.4. The van der Waals surface area contributed by atoms with Gasteiger partial charge in [-0.3, -0.25) is 9.59 Å². The number of methoxy groups -OCH3 is 2. The van der Waals surface area contributed by atoms with E-state index >= 15 is 0 Å². The number of fused-ring (bicyclic) bond motifs is 2. The minimum absolute atomic E-state index is 0.0680. The molecule has 4 fully saturated rings. The summed E-state index contributed by atoms with van der Waals surface area (Å²) in [6.07, 6.45) is 27.7. The topological polar surface area (TPSA) is 175 Å². The first-order valence-electron chi connectivity index (χ1n) is 29.2. The van der Waals surface area contributed by atoms with Crippen LogP contribution in [-0.2, 0) is 19.1 Å². The number of aromatic nitrogens is 4. The van der Waals surface area contributed by atoms with E-state index in [1.165, 1.54) is 47.6 Å². The Balaban J connectivity index is 0.898. The number of carbonyl (C=O) groups is 4. The number of nitrogens with one attached hydrogen (secondary N) is 4. The van der Waals surface area contributed by atoms with E-state index in [0.717, 1.165) is 110 Å². The van der Waals surface area contributed by atoms with Crippen LogP contribution in [0, 0.1) is 35.5 Å². The predicted molar refractivity (Wildman–Crippen MR) is 324 cm³/mol. The number of imidazole rings is 2. The lowest BCUT2D eigenvalue weighted by molar-refractivity contribution is -0.135. The zero-order valence-electron chi connectivity index (χ0n) is 48.2. The summed E-state index contributed by atoms with van der Waals surface area (Å²) < 4.78 is 9.82. The minimum atomic E-state index is -0.656. The number of benzene rings is 2. The van der Waals surface area contributed by atoms with E-state index < -0.39 is 24.3 Å². The van der Waals surface area contributed by atoms with E-state index in [2.05, 4.69) is 121 Å². The highest BCUT2D eigenvalue weighted by Gasteiger charge is 2.50. The molecule has 5 aliphatic rings. The van der Waals surface area contributed by atoms with Crippen LogP contribution in [0.5, 0.6) is 0 Å². The summed E-state index contributed by atoms with van der Waals surface area (Å²) in [5.74, 6) is 5.20. The van der Waals surface area contributed by atoms with E-state index in [1.54, 1.807) is 23.5 Å². The van der Waals surface area contributed by atoms with Gasteiger partial charge < -0.3 is 39.9 Å². The molecule has 0 spiro atoms. The molecule has 2 aromatic heterocycles. The predicted octanol–water partition coefficient (Wildman–Crippen LogP) is 13.2. The van der Waals surface area contributed by atoms with Crippen molar-refractivity contribution < 1.29 is 28.7 Å². The van der Waals surface area contributed by atoms with Gasteiger partial charge >= 0.3 is 12.2 Å². The third-order valence-electron chi connectivity index (χ3n) is 18.1. The number of hydrogen-bond acceptors (Lipinski definition) is 10. The second-order valence-corrected chi connectivity index (χ2v) is 24.9. The first-order chi connectivity index (χ1) is 38.8. The summed E-state index contributed by atoms with van der Waals surface area (Å²) >= 11 is 3.31. The summed E-state index contributed by atoms with van der Waals surface area (Å²) in [4.78, 5) is 74.3. The van der Waals surface area contributed by atoms with Gasteiger partial charge in [0.25, 0.3) is 0 Å². The first-order valence-corrected chi connectivity index (χ1v) is 31.9. The number of alkyl carbamates (subject to hydrolysis) is 2. The maximum Gasteiger partial charge on any atom is 0.407 e. The van der Waals surface area contributed by atoms with Crippen LogP contribution in [0.3, 0.4) is 0 Å². The Morgan fingerprint density at radius 1 is 0.700 bits per heavy atom. The number of H-pyrrole nitrogens is 2. The molecular formula is C64H84N8O6S2. The van der Waals surface area contributed by atoms with Crippen molar-refractivity contribution in [2.45, 2.75) is 129 Å². The largest absolute Gasteiger partial charge is 0.453 e. The molecule has 2 saturated heterocycles. The molecule has 4 unspecified atom stereocenters. The van der Waals surface area contributed by atoms with Crippen LogP contribution in [0.4, 0.5) is 9.59 Å². The van der Waals surface area contributed by atoms with Crippen molar-refractivity contribution in [1.82, 2.24) is 40.4 Å². The zero-order chi connectivity index (χ0) is 56.5. The summed E-state index contributed by atoms with van der Waals surface area (Å²) in [6, 6.07) is 16.0. The lowest BCUT2D eigenvalue weighted by Gasteiger charge is -2.30. The van der Waals surface area contributed by atoms with Crippen LogP contribution in [0.25, 0.3) is 33.7 Å². The Labute approximate surface area is 482 Å². The van der Waals surface area contributed by atoms with Crippen molar-refractivity contribution in [3.8, 4) is 22.5 Å². The number of thioether (sulfide) groups is 2. The van der Waals surface area contributed by atoms with Crippen LogP contribution in [0.2, 0.25) is 0 Å². The highest BCUT2D eigenvalue weighted by atomic mass is 32.2. The molecule has 2 aromatic carbocycles. The monoisotopic (exact) mass is 1120 g/mol. The van der Waals surface area contributed by atoms with Crippen LogP contribution < -0.4 is 10.6 Å². The average Bonchev–Trinajstić information content (AvgIpc) is 4.51. The Bertz CT molecular complexity index is 2930. The van der Waals surface area contributed by atoms with E-state index in [9.17, 15) is 19.2 Å².